The molecule has 14 heavy (non-hydrogen) atoms. The third kappa shape index (κ3) is 3.18. The molecule has 0 aliphatic carbocycles. The van der Waals surface area contributed by atoms with Crippen LogP contribution < -0.4 is 5.32 Å². The molecule has 0 saturated carbocycles. The van der Waals surface area contributed by atoms with E-state index in [4.69, 9.17) is 5.11 Å². The summed E-state index contributed by atoms with van der Waals surface area (Å²) in [6.45, 7) is 2.15. The Balaban J connectivity index is 2.36. The van der Waals surface area contributed by atoms with Crippen molar-refractivity contribution in [2.75, 3.05) is 6.54 Å². The van der Waals surface area contributed by atoms with Crippen molar-refractivity contribution in [1.82, 2.24) is 14.9 Å². The lowest BCUT2D eigenvalue weighted by atomic mass is 10.3. The average molecular weight is 197 g/mol. The van der Waals surface area contributed by atoms with Crippen molar-refractivity contribution in [2.24, 2.45) is 7.05 Å². The minimum Gasteiger partial charge on any atom is -0.393 e. The summed E-state index contributed by atoms with van der Waals surface area (Å²) in [5.41, 5.74) is 0.401. The molecule has 0 aromatic carbocycles. The number of imidazole rings is 1. The van der Waals surface area contributed by atoms with Gasteiger partial charge in [0.25, 0.3) is 5.91 Å². The highest BCUT2D eigenvalue weighted by Crippen LogP contribution is 1.94. The van der Waals surface area contributed by atoms with Crippen molar-refractivity contribution >= 4 is 5.91 Å². The van der Waals surface area contributed by atoms with Crippen molar-refractivity contribution < 1.29 is 9.90 Å². The molecule has 0 aliphatic heterocycles. The first-order valence-electron chi connectivity index (χ1n) is 4.54. The molecule has 0 bridgehead atoms. The maximum Gasteiger partial charge on any atom is 0.271 e. The number of aliphatic hydroxyl groups excluding tert-OH is 1. The van der Waals surface area contributed by atoms with E-state index in [2.05, 4.69) is 10.3 Å². The second kappa shape index (κ2) is 4.76. The fourth-order valence-corrected chi connectivity index (χ4v) is 1.02. The Hall–Kier alpha value is -1.36. The number of amides is 1. The predicted molar refractivity (Wildman–Crippen MR) is 51.8 cm³/mol. The Morgan fingerprint density at radius 3 is 3.00 bits per heavy atom. The molecule has 0 radical (unpaired) electrons. The molecule has 1 atom stereocenters. The van der Waals surface area contributed by atoms with E-state index in [1.54, 1.807) is 31.1 Å². The van der Waals surface area contributed by atoms with E-state index in [0.29, 0.717) is 18.7 Å². The SMILES string of the molecule is CC(O)CCNC(=O)c1cn(C)cn1. The number of nitrogens with zero attached hydrogens (tertiary/aromatic N) is 2. The molecule has 0 spiro atoms. The number of rotatable bonds is 4. The topological polar surface area (TPSA) is 67.2 Å². The maximum atomic E-state index is 11.4. The second-order valence-corrected chi connectivity index (χ2v) is 3.32. The van der Waals surface area contributed by atoms with E-state index in [0.717, 1.165) is 0 Å². The van der Waals surface area contributed by atoms with Crippen molar-refractivity contribution in [2.45, 2.75) is 19.4 Å². The third-order valence-electron chi connectivity index (χ3n) is 1.79. The molecule has 1 rings (SSSR count). The Morgan fingerprint density at radius 2 is 2.50 bits per heavy atom. The molecule has 1 aromatic heterocycles. The molecule has 2 N–H and O–H groups in total. The van der Waals surface area contributed by atoms with Gasteiger partial charge in [0.05, 0.1) is 12.4 Å². The van der Waals surface area contributed by atoms with Gasteiger partial charge in [-0.1, -0.05) is 0 Å². The van der Waals surface area contributed by atoms with Crippen LogP contribution in [-0.2, 0) is 7.05 Å². The normalized spacial score (nSPS) is 12.5. The molecule has 5 heteroatoms. The summed E-state index contributed by atoms with van der Waals surface area (Å²) < 4.78 is 1.71. The van der Waals surface area contributed by atoms with Gasteiger partial charge in [0.2, 0.25) is 0 Å². The lowest BCUT2D eigenvalue weighted by Crippen LogP contribution is -2.26. The van der Waals surface area contributed by atoms with Gasteiger partial charge >= 0.3 is 0 Å². The summed E-state index contributed by atoms with van der Waals surface area (Å²) in [6.07, 6.45) is 3.39. The van der Waals surface area contributed by atoms with Gasteiger partial charge in [0, 0.05) is 19.8 Å². The average Bonchev–Trinajstić information content (AvgIpc) is 2.51. The standard InChI is InChI=1S/C9H15N3O2/c1-7(13)3-4-10-9(14)8-5-12(2)6-11-8/h5-7,13H,3-4H2,1-2H3,(H,10,14). The summed E-state index contributed by atoms with van der Waals surface area (Å²) in [5, 5.41) is 11.6. The molecular weight excluding hydrogens is 182 g/mol. The maximum absolute atomic E-state index is 11.4. The van der Waals surface area contributed by atoms with E-state index < -0.39 is 0 Å². The molecule has 1 amide bonds. The molecule has 78 valence electrons. The number of aliphatic hydroxyl groups is 1. The van der Waals surface area contributed by atoms with Crippen molar-refractivity contribution in [1.29, 1.82) is 0 Å². The Kier molecular flexibility index (Phi) is 3.64. The summed E-state index contributed by atoms with van der Waals surface area (Å²) in [4.78, 5) is 15.3. The zero-order chi connectivity index (χ0) is 10.6. The fraction of sp³-hybridized carbons (Fsp3) is 0.556. The van der Waals surface area contributed by atoms with Crippen LogP contribution in [0.1, 0.15) is 23.8 Å². The van der Waals surface area contributed by atoms with Crippen LogP contribution in [0.15, 0.2) is 12.5 Å². The molecule has 1 heterocycles. The number of aromatic nitrogens is 2. The van der Waals surface area contributed by atoms with Gasteiger partial charge in [0.1, 0.15) is 5.69 Å². The summed E-state index contributed by atoms with van der Waals surface area (Å²) in [6, 6.07) is 0. The number of aryl methyl sites for hydroxylation is 1. The van der Waals surface area contributed by atoms with E-state index in [1.165, 1.54) is 0 Å². The molecule has 0 saturated heterocycles. The van der Waals surface area contributed by atoms with E-state index in [1.807, 2.05) is 0 Å². The Morgan fingerprint density at radius 1 is 1.79 bits per heavy atom. The van der Waals surface area contributed by atoms with Crippen LogP contribution in [0.25, 0.3) is 0 Å². The van der Waals surface area contributed by atoms with Crippen molar-refractivity contribution in [3.8, 4) is 0 Å². The van der Waals surface area contributed by atoms with Gasteiger partial charge in [-0.2, -0.15) is 0 Å². The van der Waals surface area contributed by atoms with Crippen LogP contribution in [0.2, 0.25) is 0 Å². The molecule has 0 aliphatic rings. The zero-order valence-electron chi connectivity index (χ0n) is 8.40. The third-order valence-corrected chi connectivity index (χ3v) is 1.79. The van der Waals surface area contributed by atoms with Gasteiger partial charge in [-0.25, -0.2) is 4.98 Å². The first kappa shape index (κ1) is 10.7. The predicted octanol–water partition coefficient (Wildman–Crippen LogP) is -0.0792. The van der Waals surface area contributed by atoms with Crippen molar-refractivity contribution in [3.63, 3.8) is 0 Å². The van der Waals surface area contributed by atoms with Gasteiger partial charge < -0.3 is 15.0 Å². The number of hydrogen-bond acceptors (Lipinski definition) is 3. The van der Waals surface area contributed by atoms with Gasteiger partial charge in [-0.3, -0.25) is 4.79 Å². The molecular formula is C9H15N3O2. The van der Waals surface area contributed by atoms with E-state index in [9.17, 15) is 4.79 Å². The molecule has 1 unspecified atom stereocenters. The van der Waals surface area contributed by atoms with Crippen LogP contribution in [0, 0.1) is 0 Å². The van der Waals surface area contributed by atoms with Gasteiger partial charge in [-0.15, -0.1) is 0 Å². The minimum atomic E-state index is -0.390. The Bertz CT molecular complexity index is 307. The molecule has 5 nitrogen and oxygen atoms in total. The number of carbonyl (C=O) groups is 1. The first-order valence-corrected chi connectivity index (χ1v) is 4.54. The monoisotopic (exact) mass is 197 g/mol. The van der Waals surface area contributed by atoms with Crippen LogP contribution in [0.5, 0.6) is 0 Å². The van der Waals surface area contributed by atoms with Crippen molar-refractivity contribution in [3.05, 3.63) is 18.2 Å². The second-order valence-electron chi connectivity index (χ2n) is 3.32. The van der Waals surface area contributed by atoms with Crippen LogP contribution in [0.3, 0.4) is 0 Å². The Labute approximate surface area is 82.8 Å². The summed E-state index contributed by atoms with van der Waals surface area (Å²) in [5.74, 6) is -0.203. The largest absolute Gasteiger partial charge is 0.393 e. The van der Waals surface area contributed by atoms with E-state index in [-0.39, 0.29) is 12.0 Å². The number of carbonyl (C=O) groups excluding carboxylic acids is 1. The lowest BCUT2D eigenvalue weighted by Gasteiger charge is -2.04. The molecule has 0 fully saturated rings. The smallest absolute Gasteiger partial charge is 0.271 e. The first-order chi connectivity index (χ1) is 6.59. The fourth-order valence-electron chi connectivity index (χ4n) is 1.02. The van der Waals surface area contributed by atoms with Gasteiger partial charge in [-0.05, 0) is 13.3 Å². The highest BCUT2D eigenvalue weighted by atomic mass is 16.3. The summed E-state index contributed by atoms with van der Waals surface area (Å²) >= 11 is 0. The summed E-state index contributed by atoms with van der Waals surface area (Å²) in [7, 11) is 1.81. The number of hydrogen-bond donors (Lipinski definition) is 2. The van der Waals surface area contributed by atoms with Crippen LogP contribution in [-0.4, -0.2) is 33.2 Å². The zero-order valence-corrected chi connectivity index (χ0v) is 8.40. The highest BCUT2D eigenvalue weighted by Gasteiger charge is 2.07. The lowest BCUT2D eigenvalue weighted by molar-refractivity contribution is 0.0941. The van der Waals surface area contributed by atoms with Crippen LogP contribution >= 0.6 is 0 Å². The van der Waals surface area contributed by atoms with E-state index >= 15 is 0 Å². The van der Waals surface area contributed by atoms with Crippen LogP contribution in [0.4, 0.5) is 0 Å². The minimum absolute atomic E-state index is 0.203. The molecule has 1 aromatic rings. The van der Waals surface area contributed by atoms with Gasteiger partial charge in [0.15, 0.2) is 0 Å². The number of nitrogens with one attached hydrogen (secondary N) is 1. The quantitative estimate of drug-likeness (QED) is 0.709. The highest BCUT2D eigenvalue weighted by molar-refractivity contribution is 5.91.